The lowest BCUT2D eigenvalue weighted by Gasteiger charge is -2.30. The number of benzene rings is 2. The molecule has 1 N–H and O–H groups in total. The quantitative estimate of drug-likeness (QED) is 0.841. The minimum atomic E-state index is -0.844. The van der Waals surface area contributed by atoms with E-state index in [1.807, 2.05) is 29.2 Å². The Hall–Kier alpha value is -2.66. The zero-order valence-electron chi connectivity index (χ0n) is 16.5. The summed E-state index contributed by atoms with van der Waals surface area (Å²) in [6.45, 7) is 2.53. The summed E-state index contributed by atoms with van der Waals surface area (Å²) >= 11 is 0. The number of carbonyl (C=O) groups excluding carboxylic acids is 1. The van der Waals surface area contributed by atoms with Gasteiger partial charge in [-0.1, -0.05) is 30.3 Å². The fraction of sp³-hybridized carbons (Fsp3) is 0.417. The maximum Gasteiger partial charge on any atom is 0.335 e. The lowest BCUT2D eigenvalue weighted by molar-refractivity contribution is 0.0303. The molecule has 0 aromatic heterocycles. The molecular formula is C24H27NO4. The van der Waals surface area contributed by atoms with Crippen LogP contribution in [0.3, 0.4) is 0 Å². The van der Waals surface area contributed by atoms with E-state index in [2.05, 4.69) is 12.1 Å². The third-order valence-corrected chi connectivity index (χ3v) is 6.29. The second kappa shape index (κ2) is 8.78. The van der Waals surface area contributed by atoms with Gasteiger partial charge in [-0.25, -0.2) is 4.79 Å². The van der Waals surface area contributed by atoms with E-state index < -0.39 is 5.97 Å². The van der Waals surface area contributed by atoms with Gasteiger partial charge in [0, 0.05) is 18.7 Å². The van der Waals surface area contributed by atoms with Gasteiger partial charge in [0.1, 0.15) is 0 Å². The Bertz CT molecular complexity index is 863. The minimum absolute atomic E-state index is 0.0776. The van der Waals surface area contributed by atoms with Crippen LogP contribution in [0, 0.1) is 0 Å². The van der Waals surface area contributed by atoms with Crippen LogP contribution >= 0.6 is 0 Å². The highest BCUT2D eigenvalue weighted by Crippen LogP contribution is 2.41. The predicted molar refractivity (Wildman–Crippen MR) is 111 cm³/mol. The number of carboxylic acids is 1. The van der Waals surface area contributed by atoms with E-state index in [0.717, 1.165) is 36.8 Å². The van der Waals surface area contributed by atoms with E-state index in [-0.39, 0.29) is 5.91 Å². The van der Waals surface area contributed by atoms with Crippen LogP contribution in [-0.2, 0) is 4.74 Å². The largest absolute Gasteiger partial charge is 0.478 e. The summed E-state index contributed by atoms with van der Waals surface area (Å²) in [5, 5.41) is 9.45. The second-order valence-electron chi connectivity index (χ2n) is 7.97. The van der Waals surface area contributed by atoms with Crippen molar-refractivity contribution >= 4 is 11.9 Å². The molecule has 29 heavy (non-hydrogen) atoms. The summed E-state index contributed by atoms with van der Waals surface area (Å²) in [5.41, 5.74) is 3.40. The summed E-state index contributed by atoms with van der Waals surface area (Å²) in [4.78, 5) is 26.0. The number of rotatable bonds is 4. The molecule has 1 aliphatic carbocycles. The van der Waals surface area contributed by atoms with Crippen molar-refractivity contribution in [2.24, 2.45) is 0 Å². The van der Waals surface area contributed by atoms with Crippen molar-refractivity contribution in [3.05, 3.63) is 70.8 Å². The highest BCUT2D eigenvalue weighted by Gasteiger charge is 2.26. The summed E-state index contributed by atoms with van der Waals surface area (Å²) < 4.78 is 5.32. The minimum Gasteiger partial charge on any atom is -0.478 e. The smallest absolute Gasteiger partial charge is 0.335 e. The van der Waals surface area contributed by atoms with Crippen LogP contribution in [-0.4, -0.2) is 48.2 Å². The molecule has 152 valence electrons. The monoisotopic (exact) mass is 393 g/mol. The van der Waals surface area contributed by atoms with Crippen molar-refractivity contribution in [3.63, 3.8) is 0 Å². The fourth-order valence-electron chi connectivity index (χ4n) is 4.63. The van der Waals surface area contributed by atoms with Crippen molar-refractivity contribution < 1.29 is 19.4 Å². The summed E-state index contributed by atoms with van der Waals surface area (Å²) in [7, 11) is 0. The van der Waals surface area contributed by atoms with Crippen molar-refractivity contribution in [3.8, 4) is 0 Å². The van der Waals surface area contributed by atoms with Crippen molar-refractivity contribution in [1.29, 1.82) is 0 Å². The molecular weight excluding hydrogens is 366 g/mol. The molecule has 0 atom stereocenters. The molecule has 2 aromatic carbocycles. The van der Waals surface area contributed by atoms with Crippen molar-refractivity contribution in [2.75, 3.05) is 26.3 Å². The molecule has 1 saturated heterocycles. The zero-order valence-corrected chi connectivity index (χ0v) is 16.5. The number of carboxylic acid groups (broad SMARTS) is 1. The predicted octanol–water partition coefficient (Wildman–Crippen LogP) is 4.30. The molecule has 4 rings (SSSR count). The Morgan fingerprint density at radius 2 is 1.48 bits per heavy atom. The summed E-state index contributed by atoms with van der Waals surface area (Å²) in [6, 6.07) is 15.4. The maximum absolute atomic E-state index is 12.6. The van der Waals surface area contributed by atoms with Crippen LogP contribution in [0.5, 0.6) is 0 Å². The zero-order chi connectivity index (χ0) is 20.2. The van der Waals surface area contributed by atoms with Gasteiger partial charge in [0.15, 0.2) is 0 Å². The summed E-state index contributed by atoms with van der Waals surface area (Å²) in [5.74, 6) is 0.00795. The molecule has 2 fully saturated rings. The molecule has 1 aliphatic heterocycles. The first-order valence-electron chi connectivity index (χ1n) is 10.4. The average molecular weight is 393 g/mol. The van der Waals surface area contributed by atoms with Crippen LogP contribution in [0.1, 0.15) is 69.4 Å². The number of ether oxygens (including phenoxy) is 1. The third kappa shape index (κ3) is 4.35. The van der Waals surface area contributed by atoms with Gasteiger partial charge in [-0.05, 0) is 66.8 Å². The number of morpholine rings is 1. The second-order valence-corrected chi connectivity index (χ2v) is 7.97. The normalized spacial score (nSPS) is 22.3. The van der Waals surface area contributed by atoms with Gasteiger partial charge < -0.3 is 14.7 Å². The summed E-state index contributed by atoms with van der Waals surface area (Å²) in [6.07, 6.45) is 4.05. The average Bonchev–Trinajstić information content (AvgIpc) is 2.79. The van der Waals surface area contributed by atoms with Gasteiger partial charge in [0.25, 0.3) is 5.91 Å². The Morgan fingerprint density at radius 1 is 0.862 bits per heavy atom. The lowest BCUT2D eigenvalue weighted by atomic mass is 9.75. The first-order valence-corrected chi connectivity index (χ1v) is 10.4. The van der Waals surface area contributed by atoms with Gasteiger partial charge in [0.05, 0.1) is 18.8 Å². The molecule has 1 saturated carbocycles. The molecule has 0 bridgehead atoms. The molecule has 0 radical (unpaired) electrons. The molecule has 1 amide bonds. The van der Waals surface area contributed by atoms with E-state index in [1.165, 1.54) is 5.56 Å². The van der Waals surface area contributed by atoms with E-state index in [1.54, 1.807) is 12.1 Å². The lowest BCUT2D eigenvalue weighted by Crippen LogP contribution is -2.40. The Kier molecular flexibility index (Phi) is 5.95. The molecule has 0 unspecified atom stereocenters. The highest BCUT2D eigenvalue weighted by atomic mass is 16.5. The number of carbonyl (C=O) groups is 2. The molecule has 0 spiro atoms. The Morgan fingerprint density at radius 3 is 2.14 bits per heavy atom. The van der Waals surface area contributed by atoms with E-state index in [9.17, 15) is 14.7 Å². The molecule has 5 nitrogen and oxygen atoms in total. The van der Waals surface area contributed by atoms with Crippen LogP contribution in [0.25, 0.3) is 0 Å². The van der Waals surface area contributed by atoms with Gasteiger partial charge in [-0.2, -0.15) is 0 Å². The van der Waals surface area contributed by atoms with Crippen LogP contribution < -0.4 is 0 Å². The maximum atomic E-state index is 12.6. The van der Waals surface area contributed by atoms with Crippen LogP contribution in [0.15, 0.2) is 48.5 Å². The van der Waals surface area contributed by atoms with E-state index in [0.29, 0.717) is 43.7 Å². The number of aromatic carboxylic acids is 1. The number of amides is 1. The van der Waals surface area contributed by atoms with Crippen LogP contribution in [0.2, 0.25) is 0 Å². The Labute approximate surface area is 171 Å². The highest BCUT2D eigenvalue weighted by molar-refractivity contribution is 5.94. The SMILES string of the molecule is O=C(O)c1ccccc1C1CCC(c2ccc(C(=O)N3CCOCC3)cc2)CC1. The molecule has 1 heterocycles. The van der Waals surface area contributed by atoms with Gasteiger partial charge >= 0.3 is 5.97 Å². The molecule has 2 aromatic rings. The standard InChI is InChI=1S/C24H27NO4/c26-23(25-13-15-29-16-14-25)20-11-7-18(8-12-20)17-5-9-19(10-6-17)21-3-1-2-4-22(21)24(27)28/h1-4,7-8,11-12,17,19H,5-6,9-10,13-16H2,(H,27,28). The number of nitrogens with zero attached hydrogens (tertiary/aromatic N) is 1. The number of hydrogen-bond acceptors (Lipinski definition) is 3. The van der Waals surface area contributed by atoms with E-state index >= 15 is 0 Å². The van der Waals surface area contributed by atoms with Crippen molar-refractivity contribution in [1.82, 2.24) is 4.90 Å². The molecule has 2 aliphatic rings. The van der Waals surface area contributed by atoms with Gasteiger partial charge in [-0.15, -0.1) is 0 Å². The van der Waals surface area contributed by atoms with E-state index in [4.69, 9.17) is 4.74 Å². The van der Waals surface area contributed by atoms with Crippen molar-refractivity contribution in [2.45, 2.75) is 37.5 Å². The first kappa shape index (κ1) is 19.6. The fourth-order valence-corrected chi connectivity index (χ4v) is 4.63. The van der Waals surface area contributed by atoms with Gasteiger partial charge in [-0.3, -0.25) is 4.79 Å². The Balaban J connectivity index is 1.39. The third-order valence-electron chi connectivity index (χ3n) is 6.29. The van der Waals surface area contributed by atoms with Crippen LogP contribution in [0.4, 0.5) is 0 Å². The topological polar surface area (TPSA) is 66.8 Å². The first-order chi connectivity index (χ1) is 14.1. The molecule has 5 heteroatoms. The number of hydrogen-bond donors (Lipinski definition) is 1. The van der Waals surface area contributed by atoms with Gasteiger partial charge in [0.2, 0.25) is 0 Å².